The number of rotatable bonds is 3. The van der Waals surface area contributed by atoms with Gasteiger partial charge in [-0.25, -0.2) is 17.9 Å². The van der Waals surface area contributed by atoms with E-state index >= 15 is 0 Å². The number of aromatic nitrogens is 2. The van der Waals surface area contributed by atoms with Crippen LogP contribution in [0.15, 0.2) is 44.6 Å². The molecule has 2 rings (SSSR count). The summed E-state index contributed by atoms with van der Waals surface area (Å²) in [5, 5.41) is 5.17. The van der Waals surface area contributed by atoms with Crippen molar-refractivity contribution in [1.29, 1.82) is 0 Å². The molecule has 0 bridgehead atoms. The molecule has 0 saturated carbocycles. The molecule has 0 aliphatic rings. The maximum absolute atomic E-state index is 13.6. The number of halogens is 2. The van der Waals surface area contributed by atoms with E-state index in [-0.39, 0.29) is 10.6 Å². The van der Waals surface area contributed by atoms with Crippen molar-refractivity contribution in [2.75, 3.05) is 0 Å². The maximum Gasteiger partial charge on any atom is 0.264 e. The van der Waals surface area contributed by atoms with Crippen molar-refractivity contribution < 1.29 is 12.8 Å². The van der Waals surface area contributed by atoms with E-state index in [0.717, 1.165) is 12.1 Å². The average molecular weight is 347 g/mol. The topological polar surface area (TPSA) is 79.9 Å². The average Bonchev–Trinajstić information content (AvgIpc) is 2.33. The number of hydrogen-bond acceptors (Lipinski definition) is 4. The van der Waals surface area contributed by atoms with Crippen molar-refractivity contribution in [2.24, 2.45) is 0 Å². The van der Waals surface area contributed by atoms with Crippen LogP contribution in [0, 0.1) is 5.82 Å². The quantitative estimate of drug-likeness (QED) is 0.916. The first-order chi connectivity index (χ1) is 8.88. The summed E-state index contributed by atoms with van der Waals surface area (Å²) in [6.45, 7) is 0. The van der Waals surface area contributed by atoms with E-state index in [2.05, 4.69) is 21.0 Å². The highest BCUT2D eigenvalue weighted by atomic mass is 79.9. The minimum Gasteiger partial charge on any atom is -0.268 e. The van der Waals surface area contributed by atoms with E-state index in [1.165, 1.54) is 12.1 Å². The predicted molar refractivity (Wildman–Crippen MR) is 69.8 cm³/mol. The fraction of sp³-hybridized carbons (Fsp3) is 0.0909. The van der Waals surface area contributed by atoms with Crippen molar-refractivity contribution in [3.8, 4) is 0 Å². The zero-order valence-corrected chi connectivity index (χ0v) is 11.8. The van der Waals surface area contributed by atoms with Crippen molar-refractivity contribution in [3.05, 3.63) is 56.5 Å². The smallest absolute Gasteiger partial charge is 0.264 e. The molecule has 8 heteroatoms. The predicted octanol–water partition coefficient (Wildman–Crippen LogP) is 1.65. The van der Waals surface area contributed by atoms with Crippen molar-refractivity contribution >= 4 is 25.8 Å². The summed E-state index contributed by atoms with van der Waals surface area (Å²) < 4.78 is 38.1. The minimum atomic E-state index is -3.80. The molecular formula is C11H8BrFN2O3S. The summed E-state index contributed by atoms with van der Waals surface area (Å²) in [7, 11) is -3.80. The van der Waals surface area contributed by atoms with E-state index in [9.17, 15) is 17.6 Å². The number of nitrogens with one attached hydrogen (secondary N) is 1. The van der Waals surface area contributed by atoms with Gasteiger partial charge in [0.15, 0.2) is 5.03 Å². The van der Waals surface area contributed by atoms with Gasteiger partial charge in [-0.05, 0) is 18.2 Å². The fourth-order valence-electron chi connectivity index (χ4n) is 1.42. The molecule has 0 aliphatic heterocycles. The number of aromatic amines is 1. The van der Waals surface area contributed by atoms with Crippen molar-refractivity contribution in [1.82, 2.24) is 10.2 Å². The van der Waals surface area contributed by atoms with Crippen LogP contribution in [-0.2, 0) is 15.6 Å². The zero-order valence-electron chi connectivity index (χ0n) is 9.43. The Bertz CT molecular complexity index is 753. The molecule has 0 atom stereocenters. The Morgan fingerprint density at radius 3 is 2.58 bits per heavy atom. The van der Waals surface area contributed by atoms with Crippen LogP contribution in [0.5, 0.6) is 0 Å². The lowest BCUT2D eigenvalue weighted by atomic mass is 10.2. The molecule has 1 N–H and O–H groups in total. The molecule has 0 radical (unpaired) electrons. The first-order valence-corrected chi connectivity index (χ1v) is 7.55. The number of benzene rings is 1. The van der Waals surface area contributed by atoms with Gasteiger partial charge in [-0.3, -0.25) is 4.79 Å². The van der Waals surface area contributed by atoms with Gasteiger partial charge in [0, 0.05) is 16.1 Å². The SMILES string of the molecule is O=c1ccc(S(=O)(=O)Cc2ccc(Br)cc2F)n[nH]1. The molecule has 0 unspecified atom stereocenters. The lowest BCUT2D eigenvalue weighted by molar-refractivity contribution is 0.581. The molecule has 1 aromatic carbocycles. The van der Waals surface area contributed by atoms with Crippen LogP contribution < -0.4 is 5.56 Å². The van der Waals surface area contributed by atoms with E-state index < -0.39 is 27.0 Å². The van der Waals surface area contributed by atoms with Gasteiger partial charge in [0.1, 0.15) is 5.82 Å². The third-order valence-corrected chi connectivity index (χ3v) is 4.38. The van der Waals surface area contributed by atoms with Gasteiger partial charge >= 0.3 is 0 Å². The number of H-pyrrole nitrogens is 1. The molecule has 100 valence electrons. The van der Waals surface area contributed by atoms with Gasteiger partial charge in [0.05, 0.1) is 5.75 Å². The molecule has 1 heterocycles. The molecule has 5 nitrogen and oxygen atoms in total. The summed E-state index contributed by atoms with van der Waals surface area (Å²) in [4.78, 5) is 10.8. The normalized spacial score (nSPS) is 11.5. The monoisotopic (exact) mass is 346 g/mol. The minimum absolute atomic E-state index is 0.0381. The van der Waals surface area contributed by atoms with Crippen LogP contribution >= 0.6 is 15.9 Å². The number of nitrogens with zero attached hydrogens (tertiary/aromatic N) is 1. The standard InChI is InChI=1S/C11H8BrFN2O3S/c12-8-2-1-7(9(13)5-8)6-19(17,18)11-4-3-10(16)14-15-11/h1-5H,6H2,(H,14,16). The van der Waals surface area contributed by atoms with Gasteiger partial charge in [-0.15, -0.1) is 0 Å². The summed E-state index contributed by atoms with van der Waals surface area (Å²) >= 11 is 3.09. The summed E-state index contributed by atoms with van der Waals surface area (Å²) in [5.41, 5.74) is -0.468. The maximum atomic E-state index is 13.6. The molecule has 0 aliphatic carbocycles. The highest BCUT2D eigenvalue weighted by molar-refractivity contribution is 9.10. The molecule has 2 aromatic rings. The zero-order chi connectivity index (χ0) is 14.0. The highest BCUT2D eigenvalue weighted by Gasteiger charge is 2.19. The van der Waals surface area contributed by atoms with Crippen LogP contribution in [-0.4, -0.2) is 18.6 Å². The molecule has 0 saturated heterocycles. The highest BCUT2D eigenvalue weighted by Crippen LogP contribution is 2.19. The first kappa shape index (κ1) is 13.9. The Kier molecular flexibility index (Phi) is 3.81. The van der Waals surface area contributed by atoms with Gasteiger partial charge in [0.2, 0.25) is 9.84 Å². The van der Waals surface area contributed by atoms with Crippen LogP contribution in [0.3, 0.4) is 0 Å². The van der Waals surface area contributed by atoms with Crippen molar-refractivity contribution in [2.45, 2.75) is 10.8 Å². The largest absolute Gasteiger partial charge is 0.268 e. The van der Waals surface area contributed by atoms with E-state index in [4.69, 9.17) is 0 Å². The summed E-state index contributed by atoms with van der Waals surface area (Å²) in [6.07, 6.45) is 0. The fourth-order valence-corrected chi connectivity index (χ4v) is 3.01. The number of sulfone groups is 1. The van der Waals surface area contributed by atoms with Crippen LogP contribution in [0.25, 0.3) is 0 Å². The Hall–Kier alpha value is -1.54. The molecule has 1 aromatic heterocycles. The summed E-state index contributed by atoms with van der Waals surface area (Å²) in [6, 6.07) is 6.25. The van der Waals surface area contributed by atoms with Gasteiger partial charge in [0.25, 0.3) is 5.56 Å². The Morgan fingerprint density at radius 1 is 1.26 bits per heavy atom. The third-order valence-electron chi connectivity index (χ3n) is 2.33. The third kappa shape index (κ3) is 3.27. The molecule has 0 amide bonds. The van der Waals surface area contributed by atoms with E-state index in [0.29, 0.717) is 4.47 Å². The lowest BCUT2D eigenvalue weighted by Crippen LogP contribution is -2.13. The van der Waals surface area contributed by atoms with Crippen LogP contribution in [0.2, 0.25) is 0 Å². The Morgan fingerprint density at radius 2 is 2.00 bits per heavy atom. The van der Waals surface area contributed by atoms with Gasteiger partial charge in [-0.2, -0.15) is 5.10 Å². The molecular weight excluding hydrogens is 339 g/mol. The molecule has 0 fully saturated rings. The first-order valence-electron chi connectivity index (χ1n) is 5.11. The number of hydrogen-bond donors (Lipinski definition) is 1. The Labute approximate surface area is 116 Å². The molecule has 0 spiro atoms. The van der Waals surface area contributed by atoms with E-state index in [1.807, 2.05) is 5.10 Å². The lowest BCUT2D eigenvalue weighted by Gasteiger charge is -2.05. The van der Waals surface area contributed by atoms with Gasteiger partial charge < -0.3 is 0 Å². The van der Waals surface area contributed by atoms with Crippen molar-refractivity contribution in [3.63, 3.8) is 0 Å². The second kappa shape index (κ2) is 5.22. The van der Waals surface area contributed by atoms with Gasteiger partial charge in [-0.1, -0.05) is 22.0 Å². The van der Waals surface area contributed by atoms with Crippen LogP contribution in [0.4, 0.5) is 4.39 Å². The second-order valence-electron chi connectivity index (χ2n) is 3.75. The van der Waals surface area contributed by atoms with E-state index in [1.54, 1.807) is 6.07 Å². The van der Waals surface area contributed by atoms with Crippen LogP contribution in [0.1, 0.15) is 5.56 Å². The Balaban J connectivity index is 2.36. The molecule has 19 heavy (non-hydrogen) atoms. The second-order valence-corrected chi connectivity index (χ2v) is 6.61. The summed E-state index contributed by atoms with van der Waals surface area (Å²) in [5.74, 6) is -1.15.